The molecule has 0 heterocycles. The van der Waals surface area contributed by atoms with E-state index in [2.05, 4.69) is 26.6 Å². The molecule has 0 spiro atoms. The second-order valence-corrected chi connectivity index (χ2v) is 13.8. The van der Waals surface area contributed by atoms with Gasteiger partial charge in [0.05, 0.1) is 19.9 Å². The number of hydrogen-bond acceptors (Lipinski definition) is 3. The van der Waals surface area contributed by atoms with Gasteiger partial charge in [0.15, 0.2) is 0 Å². The van der Waals surface area contributed by atoms with E-state index in [1.165, 1.54) is 25.5 Å². The fraction of sp³-hybridized carbons (Fsp3) is 1.00. The molecule has 0 amide bonds. The van der Waals surface area contributed by atoms with Gasteiger partial charge in [0.1, 0.15) is 0 Å². The fourth-order valence-electron chi connectivity index (χ4n) is 2.94. The molecule has 0 aromatic heterocycles. The van der Waals surface area contributed by atoms with Gasteiger partial charge in [-0.15, -0.1) is 0 Å². The SMILES string of the molecule is CCCCCCC1(OS(C)(=O)=O)CC1[Si](C)(C)C. The van der Waals surface area contributed by atoms with Crippen LogP contribution in [0.3, 0.4) is 0 Å². The summed E-state index contributed by atoms with van der Waals surface area (Å²) < 4.78 is 28.3. The Balaban J connectivity index is 2.62. The Morgan fingerprint density at radius 3 is 2.22 bits per heavy atom. The molecule has 0 aromatic rings. The monoisotopic (exact) mass is 292 g/mol. The van der Waals surface area contributed by atoms with Crippen LogP contribution >= 0.6 is 0 Å². The third-order valence-corrected chi connectivity index (χ3v) is 7.30. The Kier molecular flexibility index (Phi) is 5.06. The largest absolute Gasteiger partial charge is 0.264 e. The summed E-state index contributed by atoms with van der Waals surface area (Å²) in [6, 6.07) is 0. The summed E-state index contributed by atoms with van der Waals surface area (Å²) in [6.07, 6.45) is 7.75. The zero-order valence-corrected chi connectivity index (χ0v) is 14.3. The van der Waals surface area contributed by atoms with Crippen LogP contribution in [0, 0.1) is 0 Å². The Bertz CT molecular complexity index is 372. The van der Waals surface area contributed by atoms with Crippen LogP contribution in [0.25, 0.3) is 0 Å². The lowest BCUT2D eigenvalue weighted by atomic mass is 10.1. The normalized spacial score (nSPS) is 28.4. The van der Waals surface area contributed by atoms with Gasteiger partial charge in [-0.1, -0.05) is 52.2 Å². The summed E-state index contributed by atoms with van der Waals surface area (Å²) in [4.78, 5) is 0. The molecule has 108 valence electrons. The molecule has 0 bridgehead atoms. The quantitative estimate of drug-likeness (QED) is 0.388. The van der Waals surface area contributed by atoms with E-state index in [1.807, 2.05) is 0 Å². The van der Waals surface area contributed by atoms with Crippen molar-refractivity contribution in [2.24, 2.45) is 0 Å². The van der Waals surface area contributed by atoms with Gasteiger partial charge in [0.25, 0.3) is 10.1 Å². The van der Waals surface area contributed by atoms with Gasteiger partial charge in [0, 0.05) is 0 Å². The summed E-state index contributed by atoms with van der Waals surface area (Å²) >= 11 is 0. The molecule has 5 heteroatoms. The van der Waals surface area contributed by atoms with Crippen molar-refractivity contribution < 1.29 is 12.6 Å². The fourth-order valence-corrected chi connectivity index (χ4v) is 6.64. The first-order chi connectivity index (χ1) is 8.11. The van der Waals surface area contributed by atoms with Crippen molar-refractivity contribution in [3.05, 3.63) is 0 Å². The van der Waals surface area contributed by atoms with E-state index >= 15 is 0 Å². The van der Waals surface area contributed by atoms with E-state index in [1.54, 1.807) is 0 Å². The van der Waals surface area contributed by atoms with Crippen LogP contribution in [0.1, 0.15) is 45.4 Å². The maximum absolute atomic E-state index is 11.4. The highest BCUT2D eigenvalue weighted by atomic mass is 32.2. The molecular weight excluding hydrogens is 264 g/mol. The van der Waals surface area contributed by atoms with Crippen LogP contribution in [0.5, 0.6) is 0 Å². The van der Waals surface area contributed by atoms with Gasteiger partial charge in [-0.25, -0.2) is 0 Å². The number of rotatable bonds is 8. The second kappa shape index (κ2) is 5.63. The van der Waals surface area contributed by atoms with Crippen LogP contribution in [0.2, 0.25) is 25.2 Å². The molecule has 18 heavy (non-hydrogen) atoms. The minimum Gasteiger partial charge on any atom is -0.264 e. The maximum atomic E-state index is 11.4. The third-order valence-electron chi connectivity index (χ3n) is 3.84. The molecule has 1 rings (SSSR count). The highest BCUT2D eigenvalue weighted by molar-refractivity contribution is 7.86. The van der Waals surface area contributed by atoms with Crippen molar-refractivity contribution in [3.63, 3.8) is 0 Å². The lowest BCUT2D eigenvalue weighted by Crippen LogP contribution is -2.30. The molecule has 3 nitrogen and oxygen atoms in total. The minimum atomic E-state index is -3.33. The van der Waals surface area contributed by atoms with Crippen LogP contribution in [-0.2, 0) is 14.3 Å². The van der Waals surface area contributed by atoms with E-state index in [-0.39, 0.29) is 5.60 Å². The minimum absolute atomic E-state index is 0.341. The smallest absolute Gasteiger partial charge is 0.264 e. The van der Waals surface area contributed by atoms with Gasteiger partial charge >= 0.3 is 0 Å². The van der Waals surface area contributed by atoms with E-state index < -0.39 is 18.2 Å². The molecule has 1 aliphatic rings. The summed E-state index contributed by atoms with van der Waals surface area (Å²) in [5.41, 5.74) is 0.160. The predicted octanol–water partition coefficient (Wildman–Crippen LogP) is 3.78. The predicted molar refractivity (Wildman–Crippen MR) is 79.1 cm³/mol. The lowest BCUT2D eigenvalue weighted by molar-refractivity contribution is 0.173. The highest BCUT2D eigenvalue weighted by Gasteiger charge is 2.61. The summed E-state index contributed by atoms with van der Waals surface area (Å²) in [6.45, 7) is 9.09. The molecule has 0 aliphatic heterocycles. The van der Waals surface area contributed by atoms with E-state index in [0.29, 0.717) is 5.54 Å². The molecule has 1 saturated carbocycles. The van der Waals surface area contributed by atoms with E-state index in [0.717, 1.165) is 19.3 Å². The molecule has 1 fully saturated rings. The molecule has 0 N–H and O–H groups in total. The molecule has 1 aliphatic carbocycles. The van der Waals surface area contributed by atoms with Crippen molar-refractivity contribution in [3.8, 4) is 0 Å². The lowest BCUT2D eigenvalue weighted by Gasteiger charge is -2.23. The van der Waals surface area contributed by atoms with Crippen molar-refractivity contribution >= 4 is 18.2 Å². The average molecular weight is 293 g/mol. The first-order valence-electron chi connectivity index (χ1n) is 7.01. The van der Waals surface area contributed by atoms with Crippen LogP contribution in [0.4, 0.5) is 0 Å². The van der Waals surface area contributed by atoms with Crippen molar-refractivity contribution in [2.45, 2.75) is 76.2 Å². The van der Waals surface area contributed by atoms with Gasteiger partial charge in [0.2, 0.25) is 0 Å². The Hall–Kier alpha value is 0.127. The van der Waals surface area contributed by atoms with Gasteiger partial charge < -0.3 is 0 Å². The van der Waals surface area contributed by atoms with E-state index in [4.69, 9.17) is 4.18 Å². The second-order valence-electron chi connectivity index (χ2n) is 6.79. The van der Waals surface area contributed by atoms with Crippen LogP contribution in [-0.4, -0.2) is 28.3 Å². The zero-order valence-electron chi connectivity index (χ0n) is 12.5. The van der Waals surface area contributed by atoms with Gasteiger partial charge in [-0.2, -0.15) is 8.42 Å². The molecular formula is C13H28O3SSi. The third kappa shape index (κ3) is 4.66. The standard InChI is InChI=1S/C13H28O3SSi/c1-6-7-8-9-10-13(16-17(2,14)15)11-12(13)18(3,4)5/h12H,6-11H2,1-5H3. The Morgan fingerprint density at radius 2 is 1.83 bits per heavy atom. The summed E-state index contributed by atoms with van der Waals surface area (Å²) in [5.74, 6) is 0. The molecule has 2 atom stereocenters. The first kappa shape index (κ1) is 16.2. The Morgan fingerprint density at radius 1 is 1.22 bits per heavy atom. The highest BCUT2D eigenvalue weighted by Crippen LogP contribution is 2.61. The van der Waals surface area contributed by atoms with Gasteiger partial charge in [-0.3, -0.25) is 4.18 Å². The van der Waals surface area contributed by atoms with Gasteiger partial charge in [-0.05, 0) is 18.4 Å². The molecule has 0 saturated heterocycles. The number of hydrogen-bond donors (Lipinski definition) is 0. The molecule has 0 radical (unpaired) electrons. The summed E-state index contributed by atoms with van der Waals surface area (Å²) in [5, 5.41) is 0. The average Bonchev–Trinajstić information content (AvgIpc) is 2.84. The number of unbranched alkanes of at least 4 members (excludes halogenated alkanes) is 3. The van der Waals surface area contributed by atoms with E-state index in [9.17, 15) is 8.42 Å². The summed E-state index contributed by atoms with van der Waals surface area (Å²) in [7, 11) is -4.65. The van der Waals surface area contributed by atoms with Crippen molar-refractivity contribution in [1.29, 1.82) is 0 Å². The topological polar surface area (TPSA) is 43.4 Å². The van der Waals surface area contributed by atoms with Crippen LogP contribution in [0.15, 0.2) is 0 Å². The van der Waals surface area contributed by atoms with Crippen molar-refractivity contribution in [2.75, 3.05) is 6.26 Å². The zero-order chi connectivity index (χ0) is 14.0. The van der Waals surface area contributed by atoms with Crippen LogP contribution < -0.4 is 0 Å². The molecule has 0 aromatic carbocycles. The van der Waals surface area contributed by atoms with Crippen molar-refractivity contribution in [1.82, 2.24) is 0 Å². The first-order valence-corrected chi connectivity index (χ1v) is 12.4. The Labute approximate surface area is 113 Å². The maximum Gasteiger partial charge on any atom is 0.264 e. The molecule has 2 unspecified atom stereocenters.